The van der Waals surface area contributed by atoms with Gasteiger partial charge in [0.15, 0.2) is 0 Å². The molecule has 0 amide bonds. The fourth-order valence-electron chi connectivity index (χ4n) is 7.67. The Morgan fingerprint density at radius 2 is 1.16 bits per heavy atom. The summed E-state index contributed by atoms with van der Waals surface area (Å²) in [6.45, 7) is 2.72. The standard InChI is InChI=1S/C50H49N3O4S/c1-36(54)56-51-49(40-20-10-6-11-21-40)42-27-29-43(30-28-42)53(47-26-16-24-39-19-14-15-25-45(39)47)44-31-32-46(50(52-57-37(2)55)41-22-12-7-13-23-41)48(35-44)58-34-33-38-17-8-4-3-5-9-18-38/h6-7,10-16,19-32,35,38H,3-5,8-9,17-18,33-34H2,1-2H3/b51-49-,52-50-. The Bertz CT molecular complexity index is 2370. The van der Waals surface area contributed by atoms with Gasteiger partial charge in [-0.25, -0.2) is 9.59 Å². The van der Waals surface area contributed by atoms with E-state index in [0.29, 0.717) is 11.4 Å². The molecular formula is C50H49N3O4S. The normalized spacial score (nSPS) is 14.0. The number of rotatable bonds is 13. The van der Waals surface area contributed by atoms with Crippen molar-refractivity contribution >= 4 is 63.0 Å². The van der Waals surface area contributed by atoms with Crippen molar-refractivity contribution in [1.82, 2.24) is 0 Å². The number of hydrogen-bond acceptors (Lipinski definition) is 8. The molecule has 1 aliphatic rings. The number of anilines is 3. The van der Waals surface area contributed by atoms with Crippen LogP contribution in [0.5, 0.6) is 0 Å². The highest BCUT2D eigenvalue weighted by Gasteiger charge is 2.21. The van der Waals surface area contributed by atoms with Gasteiger partial charge < -0.3 is 14.6 Å². The van der Waals surface area contributed by atoms with E-state index >= 15 is 0 Å². The van der Waals surface area contributed by atoms with E-state index in [1.54, 1.807) is 0 Å². The molecule has 0 bridgehead atoms. The molecule has 8 heteroatoms. The lowest BCUT2D eigenvalue weighted by Crippen LogP contribution is -2.13. The predicted octanol–water partition coefficient (Wildman–Crippen LogP) is 12.8. The minimum absolute atomic E-state index is 0.470. The zero-order valence-corrected chi connectivity index (χ0v) is 34.0. The van der Waals surface area contributed by atoms with Crippen LogP contribution in [-0.4, -0.2) is 29.1 Å². The van der Waals surface area contributed by atoms with E-state index in [1.807, 2.05) is 84.6 Å². The third kappa shape index (κ3) is 10.3. The van der Waals surface area contributed by atoms with Gasteiger partial charge in [0.1, 0.15) is 11.4 Å². The minimum Gasteiger partial charge on any atom is -0.318 e. The van der Waals surface area contributed by atoms with Crippen LogP contribution in [0.3, 0.4) is 0 Å². The molecular weight excluding hydrogens is 739 g/mol. The van der Waals surface area contributed by atoms with Gasteiger partial charge in [0, 0.05) is 57.8 Å². The molecule has 0 aliphatic heterocycles. The largest absolute Gasteiger partial charge is 0.332 e. The summed E-state index contributed by atoms with van der Waals surface area (Å²) in [4.78, 5) is 37.8. The number of oxime groups is 2. The van der Waals surface area contributed by atoms with Crippen molar-refractivity contribution < 1.29 is 19.3 Å². The van der Waals surface area contributed by atoms with E-state index in [0.717, 1.165) is 73.1 Å². The van der Waals surface area contributed by atoms with Gasteiger partial charge in [0.2, 0.25) is 0 Å². The van der Waals surface area contributed by atoms with Crippen molar-refractivity contribution in [2.45, 2.75) is 70.1 Å². The van der Waals surface area contributed by atoms with Crippen molar-refractivity contribution in [2.24, 2.45) is 16.2 Å². The van der Waals surface area contributed by atoms with E-state index in [-0.39, 0.29) is 0 Å². The van der Waals surface area contributed by atoms with Gasteiger partial charge >= 0.3 is 11.9 Å². The fourth-order valence-corrected chi connectivity index (χ4v) is 8.87. The van der Waals surface area contributed by atoms with Gasteiger partial charge in [-0.3, -0.25) is 0 Å². The first-order valence-electron chi connectivity index (χ1n) is 20.2. The number of hydrogen-bond donors (Lipinski definition) is 0. The van der Waals surface area contributed by atoms with Gasteiger partial charge in [-0.1, -0.05) is 164 Å². The summed E-state index contributed by atoms with van der Waals surface area (Å²) in [7, 11) is 0. The monoisotopic (exact) mass is 787 g/mol. The molecule has 7 rings (SSSR count). The highest BCUT2D eigenvalue weighted by molar-refractivity contribution is 7.99. The SMILES string of the molecule is CC(=O)O/N=C(/c1ccccc1)c1ccc(N(c2ccc(/C(=N\OC(C)=O)c3ccccc3)c(SCCC3CCCCCCC3)c2)c2cccc3ccccc23)cc1. The van der Waals surface area contributed by atoms with Gasteiger partial charge in [0.05, 0.1) is 5.69 Å². The first-order chi connectivity index (χ1) is 28.4. The molecule has 0 atom stereocenters. The van der Waals surface area contributed by atoms with Crippen molar-refractivity contribution in [3.63, 3.8) is 0 Å². The first kappa shape index (κ1) is 40.2. The molecule has 6 aromatic carbocycles. The summed E-state index contributed by atoms with van der Waals surface area (Å²) in [5.74, 6) is 0.729. The second kappa shape index (κ2) is 19.9. The first-order valence-corrected chi connectivity index (χ1v) is 21.2. The van der Waals surface area contributed by atoms with Crippen molar-refractivity contribution in [2.75, 3.05) is 10.7 Å². The highest BCUT2D eigenvalue weighted by Crippen LogP contribution is 2.42. The van der Waals surface area contributed by atoms with E-state index in [1.165, 1.54) is 58.8 Å². The third-order valence-electron chi connectivity index (χ3n) is 10.5. The second-order valence-electron chi connectivity index (χ2n) is 14.7. The van der Waals surface area contributed by atoms with E-state index in [9.17, 15) is 9.59 Å². The Morgan fingerprint density at radius 3 is 1.83 bits per heavy atom. The Labute approximate surface area is 345 Å². The molecule has 6 aromatic rings. The summed E-state index contributed by atoms with van der Waals surface area (Å²) in [5.41, 5.74) is 7.52. The summed E-state index contributed by atoms with van der Waals surface area (Å²) in [6.07, 6.45) is 10.4. The van der Waals surface area contributed by atoms with E-state index in [2.05, 4.69) is 88.0 Å². The van der Waals surface area contributed by atoms with Crippen LogP contribution >= 0.6 is 11.8 Å². The number of thioether (sulfide) groups is 1. The zero-order chi connectivity index (χ0) is 40.1. The molecule has 294 valence electrons. The highest BCUT2D eigenvalue weighted by atomic mass is 32.2. The molecule has 58 heavy (non-hydrogen) atoms. The number of fused-ring (bicyclic) bond motifs is 1. The maximum Gasteiger partial charge on any atom is 0.332 e. The fraction of sp³-hybridized carbons (Fsp3) is 0.240. The van der Waals surface area contributed by atoms with Crippen LogP contribution in [0.2, 0.25) is 0 Å². The molecule has 0 saturated heterocycles. The van der Waals surface area contributed by atoms with Gasteiger partial charge in [0.25, 0.3) is 0 Å². The quantitative estimate of drug-likeness (QED) is 0.0502. The van der Waals surface area contributed by atoms with Gasteiger partial charge in [-0.15, -0.1) is 11.8 Å². The molecule has 0 N–H and O–H groups in total. The lowest BCUT2D eigenvalue weighted by molar-refractivity contribution is -0.141. The number of nitrogens with zero attached hydrogens (tertiary/aromatic N) is 3. The van der Waals surface area contributed by atoms with Crippen molar-refractivity contribution in [3.8, 4) is 0 Å². The Kier molecular flexibility index (Phi) is 13.8. The molecule has 0 spiro atoms. The lowest BCUT2D eigenvalue weighted by atomic mass is 9.89. The Balaban J connectivity index is 1.34. The molecule has 0 heterocycles. The lowest BCUT2D eigenvalue weighted by Gasteiger charge is -2.28. The maximum absolute atomic E-state index is 12.1. The third-order valence-corrected chi connectivity index (χ3v) is 11.6. The van der Waals surface area contributed by atoms with Crippen LogP contribution in [-0.2, 0) is 19.3 Å². The van der Waals surface area contributed by atoms with Crippen LogP contribution in [0.4, 0.5) is 17.1 Å². The average molecular weight is 788 g/mol. The molecule has 1 fully saturated rings. The van der Waals surface area contributed by atoms with Crippen LogP contribution in [0, 0.1) is 5.92 Å². The Morgan fingerprint density at radius 1 is 0.603 bits per heavy atom. The Hall–Kier alpha value is -5.99. The molecule has 7 nitrogen and oxygen atoms in total. The predicted molar refractivity (Wildman–Crippen MR) is 237 cm³/mol. The maximum atomic E-state index is 12.1. The van der Waals surface area contributed by atoms with E-state index < -0.39 is 11.9 Å². The molecule has 0 radical (unpaired) electrons. The summed E-state index contributed by atoms with van der Waals surface area (Å²) in [5, 5.41) is 11.0. The van der Waals surface area contributed by atoms with Crippen LogP contribution in [0.15, 0.2) is 161 Å². The molecule has 0 unspecified atom stereocenters. The van der Waals surface area contributed by atoms with Crippen LogP contribution in [0.25, 0.3) is 10.8 Å². The average Bonchev–Trinajstić information content (AvgIpc) is 3.23. The molecule has 1 aliphatic carbocycles. The number of carbonyl (C=O) groups is 2. The molecule has 0 aromatic heterocycles. The van der Waals surface area contributed by atoms with Crippen molar-refractivity contribution in [3.05, 3.63) is 168 Å². The summed E-state index contributed by atoms with van der Waals surface area (Å²) in [6, 6.07) is 49.1. The smallest absolute Gasteiger partial charge is 0.318 e. The summed E-state index contributed by atoms with van der Waals surface area (Å²) < 4.78 is 0. The van der Waals surface area contributed by atoms with Crippen molar-refractivity contribution in [1.29, 1.82) is 0 Å². The summed E-state index contributed by atoms with van der Waals surface area (Å²) >= 11 is 1.84. The van der Waals surface area contributed by atoms with E-state index in [4.69, 9.17) is 9.68 Å². The topological polar surface area (TPSA) is 80.6 Å². The second-order valence-corrected chi connectivity index (χ2v) is 15.8. The zero-order valence-electron chi connectivity index (χ0n) is 33.2. The number of carbonyl (C=O) groups excluding carboxylic acids is 2. The minimum atomic E-state index is -0.484. The van der Waals surface area contributed by atoms with Crippen LogP contribution in [0.1, 0.15) is 87.5 Å². The number of benzene rings is 6. The molecule has 1 saturated carbocycles. The van der Waals surface area contributed by atoms with Crippen LogP contribution < -0.4 is 4.90 Å². The van der Waals surface area contributed by atoms with Gasteiger partial charge in [-0.2, -0.15) is 0 Å². The van der Waals surface area contributed by atoms with Gasteiger partial charge in [-0.05, 0) is 59.9 Å².